The number of thioether (sulfide) groups is 1. The molecule has 0 atom stereocenters. The first kappa shape index (κ1) is 20.1. The quantitative estimate of drug-likeness (QED) is 0.641. The fraction of sp³-hybridized carbons (Fsp3) is 0.133. The Hall–Kier alpha value is 0.102. The third kappa shape index (κ3) is 5.63. The minimum Gasteiger partial charge on any atom is -0.545 e. The van der Waals surface area contributed by atoms with E-state index in [0.717, 1.165) is 23.4 Å². The zero-order valence-corrected chi connectivity index (χ0v) is 18.8. The van der Waals surface area contributed by atoms with Crippen molar-refractivity contribution in [2.75, 3.05) is 0 Å². The van der Waals surface area contributed by atoms with Gasteiger partial charge in [0.1, 0.15) is 0 Å². The molecule has 0 heterocycles. The molecule has 2 aromatic carbocycles. The van der Waals surface area contributed by atoms with E-state index in [4.69, 9.17) is 0 Å². The fourth-order valence-corrected chi connectivity index (χ4v) is 2.70. The van der Waals surface area contributed by atoms with Gasteiger partial charge in [-0.3, -0.25) is 0 Å². The standard InChI is InChI=1S/C15H11F3O2S.Cs/c16-15(17,18)11-6-7-13(12(8-11)14(19)20)21-9-10-4-2-1-3-5-10;/h1-8H,9H2,(H,19,20);/q;+1/p-1. The number of alkyl halides is 3. The molecule has 0 saturated heterocycles. The van der Waals surface area contributed by atoms with E-state index in [0.29, 0.717) is 11.8 Å². The second-order valence-corrected chi connectivity index (χ2v) is 5.29. The number of halogens is 3. The Bertz CT molecular complexity index is 645. The third-order valence-corrected chi connectivity index (χ3v) is 3.91. The summed E-state index contributed by atoms with van der Waals surface area (Å²) in [5.74, 6) is -1.15. The molecule has 0 saturated carbocycles. The molecular formula is C15H10CsF3O2S. The van der Waals surface area contributed by atoms with Crippen LogP contribution in [0.5, 0.6) is 0 Å². The molecule has 0 aliphatic heterocycles. The molecule has 0 aromatic heterocycles. The van der Waals surface area contributed by atoms with E-state index in [2.05, 4.69) is 0 Å². The first-order chi connectivity index (χ1) is 9.88. The van der Waals surface area contributed by atoms with Crippen LogP contribution in [0.2, 0.25) is 0 Å². The van der Waals surface area contributed by atoms with Gasteiger partial charge < -0.3 is 9.90 Å². The zero-order valence-electron chi connectivity index (χ0n) is 11.7. The van der Waals surface area contributed by atoms with Crippen LogP contribution in [0.25, 0.3) is 0 Å². The summed E-state index contributed by atoms with van der Waals surface area (Å²) in [7, 11) is 0. The number of carbonyl (C=O) groups is 1. The van der Waals surface area contributed by atoms with Gasteiger partial charge in [-0.25, -0.2) is 0 Å². The molecular weight excluding hydrogens is 434 g/mol. The molecule has 0 radical (unpaired) electrons. The van der Waals surface area contributed by atoms with Crippen LogP contribution in [0.15, 0.2) is 53.4 Å². The maximum absolute atomic E-state index is 12.6. The van der Waals surface area contributed by atoms with Gasteiger partial charge in [-0.15, -0.1) is 11.8 Å². The number of carboxylic acid groups (broad SMARTS) is 1. The Labute approximate surface area is 188 Å². The number of aromatic carboxylic acids is 1. The van der Waals surface area contributed by atoms with Crippen molar-refractivity contribution in [3.05, 3.63) is 65.2 Å². The van der Waals surface area contributed by atoms with E-state index < -0.39 is 23.3 Å². The molecule has 0 spiro atoms. The molecule has 0 unspecified atom stereocenters. The van der Waals surface area contributed by atoms with Crippen molar-refractivity contribution in [3.63, 3.8) is 0 Å². The monoisotopic (exact) mass is 444 g/mol. The molecule has 0 fully saturated rings. The van der Waals surface area contributed by atoms with Gasteiger partial charge in [0.15, 0.2) is 0 Å². The summed E-state index contributed by atoms with van der Waals surface area (Å²) < 4.78 is 37.8. The number of benzene rings is 2. The van der Waals surface area contributed by atoms with Crippen molar-refractivity contribution < 1.29 is 92.0 Å². The van der Waals surface area contributed by atoms with Crippen LogP contribution in [0.4, 0.5) is 13.2 Å². The number of carbonyl (C=O) groups excluding carboxylic acids is 1. The van der Waals surface area contributed by atoms with Gasteiger partial charge in [0.2, 0.25) is 0 Å². The summed E-state index contributed by atoms with van der Waals surface area (Å²) in [4.78, 5) is 11.3. The van der Waals surface area contributed by atoms with Crippen LogP contribution in [0.1, 0.15) is 21.5 Å². The maximum atomic E-state index is 12.6. The van der Waals surface area contributed by atoms with Crippen molar-refractivity contribution in [3.8, 4) is 0 Å². The minimum atomic E-state index is -4.58. The van der Waals surface area contributed by atoms with Gasteiger partial charge >= 0.3 is 75.1 Å². The largest absolute Gasteiger partial charge is 1.00 e. The minimum absolute atomic E-state index is 0. The Balaban J connectivity index is 0.00000242. The van der Waals surface area contributed by atoms with E-state index in [1.165, 1.54) is 6.07 Å². The second kappa shape index (κ2) is 8.82. The molecule has 2 rings (SSSR count). The number of carboxylic acids is 1. The Morgan fingerprint density at radius 2 is 1.73 bits per heavy atom. The zero-order chi connectivity index (χ0) is 15.5. The summed E-state index contributed by atoms with van der Waals surface area (Å²) >= 11 is 1.16. The second-order valence-electron chi connectivity index (χ2n) is 4.27. The topological polar surface area (TPSA) is 40.1 Å². The predicted molar refractivity (Wildman–Crippen MR) is 71.8 cm³/mol. The van der Waals surface area contributed by atoms with Gasteiger partial charge in [-0.2, -0.15) is 13.2 Å². The van der Waals surface area contributed by atoms with E-state index in [-0.39, 0.29) is 73.8 Å². The molecule has 0 aliphatic carbocycles. The van der Waals surface area contributed by atoms with Crippen LogP contribution < -0.4 is 74.0 Å². The number of hydrogen-bond donors (Lipinski definition) is 0. The van der Waals surface area contributed by atoms with Gasteiger partial charge in [0.05, 0.1) is 11.5 Å². The summed E-state index contributed by atoms with van der Waals surface area (Å²) in [6.07, 6.45) is -4.58. The van der Waals surface area contributed by atoms with E-state index in [9.17, 15) is 23.1 Å². The van der Waals surface area contributed by atoms with E-state index in [1.54, 1.807) is 0 Å². The molecule has 0 amide bonds. The average Bonchev–Trinajstić information content (AvgIpc) is 2.45. The smallest absolute Gasteiger partial charge is 0.545 e. The maximum Gasteiger partial charge on any atom is 1.00 e. The molecule has 110 valence electrons. The van der Waals surface area contributed by atoms with Crippen molar-refractivity contribution in [1.29, 1.82) is 0 Å². The first-order valence-corrected chi connectivity index (χ1v) is 6.96. The molecule has 0 N–H and O–H groups in total. The Morgan fingerprint density at radius 3 is 2.27 bits per heavy atom. The molecule has 22 heavy (non-hydrogen) atoms. The van der Waals surface area contributed by atoms with Gasteiger partial charge in [0.25, 0.3) is 0 Å². The predicted octanol–water partition coefficient (Wildman–Crippen LogP) is 0.365. The van der Waals surface area contributed by atoms with Crippen LogP contribution in [0.3, 0.4) is 0 Å². The Kier molecular flexibility index (Phi) is 8.07. The summed E-state index contributed by atoms with van der Waals surface area (Å²) in [6.45, 7) is 0. The summed E-state index contributed by atoms with van der Waals surface area (Å²) in [5, 5.41) is 11.0. The molecule has 7 heteroatoms. The first-order valence-electron chi connectivity index (χ1n) is 5.97. The normalized spacial score (nSPS) is 10.9. The summed E-state index contributed by atoms with van der Waals surface area (Å²) in [6, 6.07) is 11.9. The molecule has 0 aliphatic rings. The van der Waals surface area contributed by atoms with E-state index in [1.807, 2.05) is 30.3 Å². The molecule has 0 bridgehead atoms. The number of rotatable bonds is 4. The van der Waals surface area contributed by atoms with Gasteiger partial charge in [-0.05, 0) is 23.8 Å². The van der Waals surface area contributed by atoms with Gasteiger partial charge in [0, 0.05) is 16.2 Å². The van der Waals surface area contributed by atoms with E-state index >= 15 is 0 Å². The van der Waals surface area contributed by atoms with Crippen molar-refractivity contribution in [2.45, 2.75) is 16.8 Å². The van der Waals surface area contributed by atoms with Crippen molar-refractivity contribution in [1.82, 2.24) is 0 Å². The SMILES string of the molecule is O=C([O-])c1cc(C(F)(F)F)ccc1SCc1ccccc1.[Cs+]. The van der Waals surface area contributed by atoms with Crippen molar-refractivity contribution in [2.24, 2.45) is 0 Å². The molecule has 2 nitrogen and oxygen atoms in total. The van der Waals surface area contributed by atoms with Gasteiger partial charge in [-0.1, -0.05) is 30.3 Å². The average molecular weight is 444 g/mol. The fourth-order valence-electron chi connectivity index (χ4n) is 1.73. The molecule has 2 aromatic rings. The van der Waals surface area contributed by atoms with Crippen LogP contribution in [-0.4, -0.2) is 5.97 Å². The van der Waals surface area contributed by atoms with Crippen molar-refractivity contribution >= 4 is 17.7 Å². The number of hydrogen-bond acceptors (Lipinski definition) is 3. The summed E-state index contributed by atoms with van der Waals surface area (Å²) in [5.41, 5.74) is -0.483. The van der Waals surface area contributed by atoms with Crippen LogP contribution >= 0.6 is 11.8 Å². The third-order valence-electron chi connectivity index (χ3n) is 2.76. The van der Waals surface area contributed by atoms with Crippen LogP contribution in [-0.2, 0) is 11.9 Å². The van der Waals surface area contributed by atoms with Crippen LogP contribution in [0, 0.1) is 0 Å². The Morgan fingerprint density at radius 1 is 1.09 bits per heavy atom.